The fourth-order valence-electron chi connectivity index (χ4n) is 3.03. The number of allylic oxidation sites excluding steroid dienone is 1. The van der Waals surface area contributed by atoms with Crippen LogP contribution in [0, 0.1) is 18.6 Å². The molecule has 3 rings (SSSR count). The third kappa shape index (κ3) is 4.22. The van der Waals surface area contributed by atoms with Crippen LogP contribution < -0.4 is 10.1 Å². The van der Waals surface area contributed by atoms with Gasteiger partial charge in [0.05, 0.1) is 18.8 Å². The SMILES string of the molecule is COc1cc(NC(=O)N2C=CC(=O)C[C@H]2c2cc(F)cc(F)c2)c(Br)cc1C. The molecule has 2 aromatic carbocycles. The maximum Gasteiger partial charge on any atom is 0.326 e. The van der Waals surface area contributed by atoms with Crippen molar-refractivity contribution in [2.75, 3.05) is 12.4 Å². The van der Waals surface area contributed by atoms with Gasteiger partial charge in [-0.25, -0.2) is 13.6 Å². The van der Waals surface area contributed by atoms with Crippen molar-refractivity contribution in [2.24, 2.45) is 0 Å². The van der Waals surface area contributed by atoms with Gasteiger partial charge in [0.25, 0.3) is 0 Å². The summed E-state index contributed by atoms with van der Waals surface area (Å²) < 4.78 is 33.2. The van der Waals surface area contributed by atoms with E-state index < -0.39 is 23.7 Å². The van der Waals surface area contributed by atoms with Gasteiger partial charge in [-0.1, -0.05) is 0 Å². The second-order valence-electron chi connectivity index (χ2n) is 6.34. The van der Waals surface area contributed by atoms with Crippen LogP contribution in [0.2, 0.25) is 0 Å². The van der Waals surface area contributed by atoms with E-state index in [9.17, 15) is 18.4 Å². The van der Waals surface area contributed by atoms with Gasteiger partial charge in [-0.2, -0.15) is 0 Å². The second kappa shape index (κ2) is 8.10. The average Bonchev–Trinajstić information content (AvgIpc) is 2.63. The standard InChI is InChI=1S/C20H17BrF2N2O3/c1-11-5-16(21)17(10-19(11)28-2)24-20(27)25-4-3-15(26)9-18(25)12-6-13(22)8-14(23)7-12/h3-8,10,18H,9H2,1-2H3,(H,24,27)/t18-/m0/s1. The summed E-state index contributed by atoms with van der Waals surface area (Å²) in [5.41, 5.74) is 1.54. The molecule has 0 bridgehead atoms. The molecule has 0 aromatic heterocycles. The summed E-state index contributed by atoms with van der Waals surface area (Å²) >= 11 is 3.39. The first-order valence-corrected chi connectivity index (χ1v) is 9.18. The van der Waals surface area contributed by atoms with Crippen LogP contribution in [0.15, 0.2) is 47.1 Å². The molecule has 1 aliphatic heterocycles. The number of aryl methyl sites for hydroxylation is 1. The van der Waals surface area contributed by atoms with Gasteiger partial charge in [-0.3, -0.25) is 9.69 Å². The number of carbonyl (C=O) groups is 2. The highest BCUT2D eigenvalue weighted by atomic mass is 79.9. The summed E-state index contributed by atoms with van der Waals surface area (Å²) in [7, 11) is 1.52. The van der Waals surface area contributed by atoms with Crippen LogP contribution in [0.25, 0.3) is 0 Å². The number of benzene rings is 2. The van der Waals surface area contributed by atoms with Crippen molar-refractivity contribution >= 4 is 33.4 Å². The topological polar surface area (TPSA) is 58.6 Å². The maximum absolute atomic E-state index is 13.6. The molecule has 0 aliphatic carbocycles. The maximum atomic E-state index is 13.6. The summed E-state index contributed by atoms with van der Waals surface area (Å²) in [4.78, 5) is 26.0. The van der Waals surface area contributed by atoms with Crippen LogP contribution in [0.5, 0.6) is 5.75 Å². The van der Waals surface area contributed by atoms with Crippen LogP contribution >= 0.6 is 15.9 Å². The molecule has 1 aliphatic rings. The van der Waals surface area contributed by atoms with Gasteiger partial charge in [0.1, 0.15) is 17.4 Å². The Hall–Kier alpha value is -2.74. The molecule has 0 radical (unpaired) electrons. The van der Waals surface area contributed by atoms with Gasteiger partial charge in [0, 0.05) is 29.2 Å². The first kappa shape index (κ1) is 20.0. The number of hydrogen-bond donors (Lipinski definition) is 1. The highest BCUT2D eigenvalue weighted by Crippen LogP contribution is 2.33. The number of ether oxygens (including phenoxy) is 1. The lowest BCUT2D eigenvalue weighted by Crippen LogP contribution is -2.37. The van der Waals surface area contributed by atoms with Gasteiger partial charge >= 0.3 is 6.03 Å². The molecule has 0 saturated carbocycles. The van der Waals surface area contributed by atoms with Gasteiger partial charge < -0.3 is 10.1 Å². The number of amides is 2. The van der Waals surface area contributed by atoms with Crippen molar-refractivity contribution in [1.29, 1.82) is 0 Å². The number of nitrogens with one attached hydrogen (secondary N) is 1. The Morgan fingerprint density at radius 2 is 1.89 bits per heavy atom. The Morgan fingerprint density at radius 3 is 2.54 bits per heavy atom. The van der Waals surface area contributed by atoms with E-state index in [2.05, 4.69) is 21.2 Å². The Kier molecular flexibility index (Phi) is 5.79. The van der Waals surface area contributed by atoms with E-state index in [1.807, 2.05) is 6.92 Å². The minimum Gasteiger partial charge on any atom is -0.496 e. The highest BCUT2D eigenvalue weighted by molar-refractivity contribution is 9.10. The van der Waals surface area contributed by atoms with E-state index in [0.717, 1.165) is 23.8 Å². The molecule has 28 heavy (non-hydrogen) atoms. The lowest BCUT2D eigenvalue weighted by atomic mass is 9.97. The fourth-order valence-corrected chi connectivity index (χ4v) is 3.58. The molecule has 8 heteroatoms. The Balaban J connectivity index is 1.92. The zero-order valence-corrected chi connectivity index (χ0v) is 16.7. The largest absolute Gasteiger partial charge is 0.496 e. The normalized spacial score (nSPS) is 16.2. The molecule has 0 unspecified atom stereocenters. The highest BCUT2D eigenvalue weighted by Gasteiger charge is 2.30. The molecule has 2 aromatic rings. The average molecular weight is 451 g/mol. The molecular formula is C20H17BrF2N2O3. The number of carbonyl (C=O) groups excluding carboxylic acids is 2. The minimum absolute atomic E-state index is 0.0782. The number of halogens is 3. The molecular weight excluding hydrogens is 434 g/mol. The molecule has 1 atom stereocenters. The van der Waals surface area contributed by atoms with Gasteiger partial charge in [0.15, 0.2) is 5.78 Å². The summed E-state index contributed by atoms with van der Waals surface area (Å²) in [6, 6.07) is 5.05. The number of rotatable bonds is 3. The van der Waals surface area contributed by atoms with Crippen molar-refractivity contribution < 1.29 is 23.1 Å². The van der Waals surface area contributed by atoms with Crippen molar-refractivity contribution in [3.63, 3.8) is 0 Å². The van der Waals surface area contributed by atoms with E-state index in [-0.39, 0.29) is 17.8 Å². The zero-order chi connectivity index (χ0) is 20.4. The van der Waals surface area contributed by atoms with Crippen LogP contribution in [0.3, 0.4) is 0 Å². The van der Waals surface area contributed by atoms with Crippen molar-refractivity contribution in [1.82, 2.24) is 4.90 Å². The number of anilines is 1. The summed E-state index contributed by atoms with van der Waals surface area (Å²) in [6.07, 6.45) is 2.50. The molecule has 0 fully saturated rings. The quantitative estimate of drug-likeness (QED) is 0.706. The van der Waals surface area contributed by atoms with E-state index in [4.69, 9.17) is 4.74 Å². The van der Waals surface area contributed by atoms with Crippen LogP contribution in [0.4, 0.5) is 19.3 Å². The summed E-state index contributed by atoms with van der Waals surface area (Å²) in [5, 5.41) is 2.74. The molecule has 0 saturated heterocycles. The number of urea groups is 1. The first-order chi connectivity index (χ1) is 13.3. The lowest BCUT2D eigenvalue weighted by Gasteiger charge is -2.31. The van der Waals surface area contributed by atoms with Crippen LogP contribution in [-0.4, -0.2) is 23.8 Å². The van der Waals surface area contributed by atoms with E-state index in [1.165, 1.54) is 24.3 Å². The predicted octanol–water partition coefficient (Wildman–Crippen LogP) is 5.11. The smallest absolute Gasteiger partial charge is 0.326 e. The molecule has 1 heterocycles. The number of ketones is 1. The lowest BCUT2D eigenvalue weighted by molar-refractivity contribution is -0.116. The van der Waals surface area contributed by atoms with Gasteiger partial charge in [-0.05, 0) is 58.3 Å². The monoisotopic (exact) mass is 450 g/mol. The molecule has 1 N–H and O–H groups in total. The van der Waals surface area contributed by atoms with E-state index in [1.54, 1.807) is 12.1 Å². The minimum atomic E-state index is -0.825. The number of hydrogen-bond acceptors (Lipinski definition) is 3. The zero-order valence-electron chi connectivity index (χ0n) is 15.1. The van der Waals surface area contributed by atoms with E-state index >= 15 is 0 Å². The number of methoxy groups -OCH3 is 1. The molecule has 0 spiro atoms. The second-order valence-corrected chi connectivity index (χ2v) is 7.20. The first-order valence-electron chi connectivity index (χ1n) is 8.39. The number of nitrogens with zero attached hydrogens (tertiary/aromatic N) is 1. The summed E-state index contributed by atoms with van der Waals surface area (Å²) in [6.45, 7) is 1.86. The van der Waals surface area contributed by atoms with Gasteiger partial charge in [-0.15, -0.1) is 0 Å². The molecule has 146 valence electrons. The third-order valence-corrected chi connectivity index (χ3v) is 5.04. The van der Waals surface area contributed by atoms with E-state index in [0.29, 0.717) is 15.9 Å². The molecule has 2 amide bonds. The Labute approximate surface area is 169 Å². The Morgan fingerprint density at radius 1 is 1.21 bits per heavy atom. The van der Waals surface area contributed by atoms with Crippen molar-refractivity contribution in [3.05, 3.63) is 69.8 Å². The van der Waals surface area contributed by atoms with Gasteiger partial charge in [0.2, 0.25) is 0 Å². The van der Waals surface area contributed by atoms with Crippen molar-refractivity contribution in [3.8, 4) is 5.75 Å². The van der Waals surface area contributed by atoms with Crippen molar-refractivity contribution in [2.45, 2.75) is 19.4 Å². The Bertz CT molecular complexity index is 958. The fraction of sp³-hybridized carbons (Fsp3) is 0.200. The van der Waals surface area contributed by atoms with Crippen LogP contribution in [0.1, 0.15) is 23.6 Å². The molecule has 5 nitrogen and oxygen atoms in total. The predicted molar refractivity (Wildman–Crippen MR) is 104 cm³/mol. The third-order valence-electron chi connectivity index (χ3n) is 4.38. The van der Waals surface area contributed by atoms with Crippen LogP contribution in [-0.2, 0) is 4.79 Å². The summed E-state index contributed by atoms with van der Waals surface area (Å²) in [5.74, 6) is -1.20.